The smallest absolute Gasteiger partial charge is 0.331 e. The fraction of sp³-hybridized carbons (Fsp3) is 0.0588. The molecule has 3 aromatic rings. The van der Waals surface area contributed by atoms with Crippen LogP contribution < -0.4 is 0 Å². The number of benzene rings is 1. The Morgan fingerprint density at radius 1 is 1.18 bits per heavy atom. The van der Waals surface area contributed by atoms with E-state index < -0.39 is 5.97 Å². The quantitative estimate of drug-likeness (QED) is 0.746. The second-order valence-electron chi connectivity index (χ2n) is 4.85. The van der Waals surface area contributed by atoms with Crippen LogP contribution in [0.5, 0.6) is 0 Å². The van der Waals surface area contributed by atoms with Crippen molar-refractivity contribution in [1.29, 1.82) is 0 Å². The number of pyridine rings is 1. The predicted octanol–water partition coefficient (Wildman–Crippen LogP) is 3.91. The highest BCUT2D eigenvalue weighted by molar-refractivity contribution is 5.91. The summed E-state index contributed by atoms with van der Waals surface area (Å²) in [5.41, 5.74) is 4.34. The Bertz CT molecular complexity index is 835. The van der Waals surface area contributed by atoms with E-state index in [2.05, 4.69) is 4.98 Å². The summed E-state index contributed by atoms with van der Waals surface area (Å²) in [7, 11) is 0. The molecule has 1 aromatic carbocycles. The van der Waals surface area contributed by atoms with Crippen LogP contribution in [0.4, 0.5) is 0 Å². The number of halogens is 1. The lowest BCUT2D eigenvalue weighted by Gasteiger charge is -2.06. The summed E-state index contributed by atoms with van der Waals surface area (Å²) in [5, 5.41) is 8.89. The molecule has 0 aliphatic heterocycles. The van der Waals surface area contributed by atoms with E-state index in [1.165, 1.54) is 0 Å². The van der Waals surface area contributed by atoms with Gasteiger partial charge in [0.1, 0.15) is 0 Å². The van der Waals surface area contributed by atoms with Gasteiger partial charge in [0.2, 0.25) is 0 Å². The molecule has 0 spiro atoms. The molecule has 0 fully saturated rings. The Hall–Kier alpha value is -2.59. The maximum absolute atomic E-state index is 10.8. The molecule has 0 saturated heterocycles. The SMILES string of the molecule is C/C(=C\c1ccc(-c2cccc3cncn23)cc1)C(=O)O.Cl. The molecule has 5 heteroatoms. The Morgan fingerprint density at radius 3 is 2.59 bits per heavy atom. The highest BCUT2D eigenvalue weighted by Crippen LogP contribution is 2.22. The minimum Gasteiger partial charge on any atom is -0.478 e. The molecule has 112 valence electrons. The second kappa shape index (κ2) is 6.45. The van der Waals surface area contributed by atoms with Gasteiger partial charge in [0, 0.05) is 5.57 Å². The molecule has 0 radical (unpaired) electrons. The molecular weight excluding hydrogens is 300 g/mol. The largest absolute Gasteiger partial charge is 0.478 e. The van der Waals surface area contributed by atoms with Crippen LogP contribution in [-0.4, -0.2) is 20.5 Å². The van der Waals surface area contributed by atoms with Gasteiger partial charge in [-0.15, -0.1) is 12.4 Å². The molecule has 22 heavy (non-hydrogen) atoms. The van der Waals surface area contributed by atoms with Crippen molar-refractivity contribution in [1.82, 2.24) is 9.38 Å². The lowest BCUT2D eigenvalue weighted by Crippen LogP contribution is -1.95. The molecule has 0 aliphatic rings. The summed E-state index contributed by atoms with van der Waals surface area (Å²) >= 11 is 0. The maximum atomic E-state index is 10.8. The van der Waals surface area contributed by atoms with Crippen molar-refractivity contribution in [3.05, 3.63) is 66.1 Å². The molecule has 2 aromatic heterocycles. The molecule has 0 aliphatic carbocycles. The third-order valence-electron chi connectivity index (χ3n) is 3.37. The fourth-order valence-electron chi connectivity index (χ4n) is 2.25. The molecule has 0 bridgehead atoms. The number of carbonyl (C=O) groups is 1. The molecule has 3 rings (SSSR count). The van der Waals surface area contributed by atoms with Crippen LogP contribution in [0.3, 0.4) is 0 Å². The van der Waals surface area contributed by atoms with Gasteiger partial charge in [-0.1, -0.05) is 30.3 Å². The highest BCUT2D eigenvalue weighted by Gasteiger charge is 2.04. The summed E-state index contributed by atoms with van der Waals surface area (Å²) in [5.74, 6) is -0.901. The van der Waals surface area contributed by atoms with E-state index in [0.29, 0.717) is 5.57 Å². The first kappa shape index (κ1) is 15.8. The van der Waals surface area contributed by atoms with Crippen LogP contribution in [0, 0.1) is 0 Å². The van der Waals surface area contributed by atoms with Crippen molar-refractivity contribution in [2.75, 3.05) is 0 Å². The molecule has 0 amide bonds. The van der Waals surface area contributed by atoms with E-state index >= 15 is 0 Å². The van der Waals surface area contributed by atoms with E-state index in [-0.39, 0.29) is 12.4 Å². The van der Waals surface area contributed by atoms with E-state index in [0.717, 1.165) is 22.3 Å². The lowest BCUT2D eigenvalue weighted by molar-refractivity contribution is -0.132. The number of aliphatic carboxylic acids is 1. The monoisotopic (exact) mass is 314 g/mol. The number of imidazole rings is 1. The molecule has 2 heterocycles. The number of nitrogens with zero attached hydrogens (tertiary/aromatic N) is 2. The van der Waals surface area contributed by atoms with E-state index in [9.17, 15) is 4.79 Å². The molecule has 1 N–H and O–H groups in total. The Balaban J connectivity index is 0.00000176. The number of hydrogen-bond donors (Lipinski definition) is 1. The van der Waals surface area contributed by atoms with Gasteiger partial charge < -0.3 is 5.11 Å². The predicted molar refractivity (Wildman–Crippen MR) is 89.2 cm³/mol. The Labute approximate surface area is 134 Å². The Kier molecular flexibility index (Phi) is 4.63. The fourth-order valence-corrected chi connectivity index (χ4v) is 2.25. The molecule has 0 unspecified atom stereocenters. The van der Waals surface area contributed by atoms with Gasteiger partial charge in [0.15, 0.2) is 0 Å². The van der Waals surface area contributed by atoms with Gasteiger partial charge >= 0.3 is 5.97 Å². The number of hydrogen-bond acceptors (Lipinski definition) is 2. The van der Waals surface area contributed by atoms with Crippen LogP contribution in [0.1, 0.15) is 12.5 Å². The first-order chi connectivity index (χ1) is 10.1. The van der Waals surface area contributed by atoms with Crippen LogP contribution in [-0.2, 0) is 4.79 Å². The molecular formula is C17H15ClN2O2. The van der Waals surface area contributed by atoms with E-state index in [1.54, 1.807) is 19.3 Å². The zero-order valence-corrected chi connectivity index (χ0v) is 12.7. The van der Waals surface area contributed by atoms with Gasteiger partial charge in [0.05, 0.1) is 23.7 Å². The third kappa shape index (κ3) is 3.02. The minimum atomic E-state index is -0.901. The van der Waals surface area contributed by atoms with E-state index in [1.807, 2.05) is 53.1 Å². The molecule has 0 atom stereocenters. The summed E-state index contributed by atoms with van der Waals surface area (Å²) in [6.07, 6.45) is 5.26. The van der Waals surface area contributed by atoms with Crippen LogP contribution in [0.2, 0.25) is 0 Å². The summed E-state index contributed by atoms with van der Waals surface area (Å²) in [6, 6.07) is 13.8. The second-order valence-corrected chi connectivity index (χ2v) is 4.85. The summed E-state index contributed by atoms with van der Waals surface area (Å²) < 4.78 is 2.02. The first-order valence-electron chi connectivity index (χ1n) is 6.58. The zero-order valence-electron chi connectivity index (χ0n) is 11.9. The molecule has 4 nitrogen and oxygen atoms in total. The zero-order chi connectivity index (χ0) is 14.8. The number of carboxylic acid groups (broad SMARTS) is 1. The van der Waals surface area contributed by atoms with Crippen molar-refractivity contribution in [2.24, 2.45) is 0 Å². The number of fused-ring (bicyclic) bond motifs is 1. The third-order valence-corrected chi connectivity index (χ3v) is 3.37. The average molecular weight is 315 g/mol. The Morgan fingerprint density at radius 2 is 1.91 bits per heavy atom. The number of rotatable bonds is 3. The van der Waals surface area contributed by atoms with Crippen molar-refractivity contribution in [3.8, 4) is 11.3 Å². The highest BCUT2D eigenvalue weighted by atomic mass is 35.5. The standard InChI is InChI=1S/C17H14N2O2.ClH/c1-12(17(20)21)9-13-5-7-14(8-6-13)16-4-2-3-15-10-18-11-19(15)16;/h2-11H,1H3,(H,20,21);1H/b12-9+;. The minimum absolute atomic E-state index is 0. The van der Waals surface area contributed by atoms with Gasteiger partial charge in [0.25, 0.3) is 0 Å². The topological polar surface area (TPSA) is 54.6 Å². The number of aromatic nitrogens is 2. The summed E-state index contributed by atoms with van der Waals surface area (Å²) in [4.78, 5) is 15.0. The van der Waals surface area contributed by atoms with Crippen molar-refractivity contribution in [3.63, 3.8) is 0 Å². The van der Waals surface area contributed by atoms with Gasteiger partial charge in [-0.3, -0.25) is 4.40 Å². The van der Waals surface area contributed by atoms with E-state index in [4.69, 9.17) is 5.11 Å². The van der Waals surface area contributed by atoms with Gasteiger partial charge in [-0.25, -0.2) is 9.78 Å². The van der Waals surface area contributed by atoms with Crippen LogP contribution in [0.25, 0.3) is 22.9 Å². The summed E-state index contributed by atoms with van der Waals surface area (Å²) in [6.45, 7) is 1.59. The van der Waals surface area contributed by atoms with Crippen LogP contribution >= 0.6 is 12.4 Å². The van der Waals surface area contributed by atoms with Crippen molar-refractivity contribution >= 4 is 30.0 Å². The lowest BCUT2D eigenvalue weighted by atomic mass is 10.1. The van der Waals surface area contributed by atoms with Gasteiger partial charge in [-0.05, 0) is 36.3 Å². The van der Waals surface area contributed by atoms with Crippen molar-refractivity contribution < 1.29 is 9.90 Å². The average Bonchev–Trinajstić information content (AvgIpc) is 2.96. The normalized spacial score (nSPS) is 11.2. The maximum Gasteiger partial charge on any atom is 0.331 e. The number of carboxylic acids is 1. The van der Waals surface area contributed by atoms with Crippen LogP contribution in [0.15, 0.2) is 60.6 Å². The first-order valence-corrected chi connectivity index (χ1v) is 6.58. The van der Waals surface area contributed by atoms with Crippen molar-refractivity contribution in [2.45, 2.75) is 6.92 Å². The van der Waals surface area contributed by atoms with Gasteiger partial charge in [-0.2, -0.15) is 0 Å². The molecule has 0 saturated carbocycles.